The third kappa shape index (κ3) is 8.92. The lowest BCUT2D eigenvalue weighted by Crippen LogP contribution is -2.41. The van der Waals surface area contributed by atoms with Crippen LogP contribution < -0.4 is 0 Å². The molecule has 184 valence electrons. The minimum Gasteiger partial charge on any atom is -0.394 e. The largest absolute Gasteiger partial charge is 0.394 e. The molecule has 3 heterocycles. The molecule has 3 saturated heterocycles. The quantitative estimate of drug-likeness (QED) is 0.405. The highest BCUT2D eigenvalue weighted by Crippen LogP contribution is 2.42. The fourth-order valence-corrected chi connectivity index (χ4v) is 7.44. The first kappa shape index (κ1) is 27.6. The van der Waals surface area contributed by atoms with Crippen molar-refractivity contribution in [3.8, 4) is 0 Å². The van der Waals surface area contributed by atoms with Crippen molar-refractivity contribution >= 4 is 23.5 Å². The first-order valence-corrected chi connectivity index (χ1v) is 13.2. The van der Waals surface area contributed by atoms with Gasteiger partial charge in [-0.25, -0.2) is 0 Å². The number of hydrogen-bond donors (Lipinski definition) is 4. The van der Waals surface area contributed by atoms with E-state index in [2.05, 4.69) is 0 Å². The van der Waals surface area contributed by atoms with E-state index in [1.54, 1.807) is 30.6 Å². The summed E-state index contributed by atoms with van der Waals surface area (Å²) in [4.78, 5) is 0. The average molecular weight is 485 g/mol. The first-order chi connectivity index (χ1) is 15.0. The number of aliphatic hydroxyl groups is 4. The van der Waals surface area contributed by atoms with Crippen molar-refractivity contribution in [1.29, 1.82) is 0 Å². The molecular weight excluding hydrogens is 444 g/mol. The summed E-state index contributed by atoms with van der Waals surface area (Å²) < 4.78 is 23.0. The minimum absolute atomic E-state index is 0.0325. The number of thioether (sulfide) groups is 2. The van der Waals surface area contributed by atoms with Crippen molar-refractivity contribution in [2.24, 2.45) is 0 Å². The van der Waals surface area contributed by atoms with Crippen LogP contribution in [0.1, 0.15) is 52.4 Å². The Hall–Kier alpha value is 0.380. The fraction of sp³-hybridized carbons (Fsp3) is 1.00. The van der Waals surface area contributed by atoms with E-state index in [1.807, 2.05) is 13.8 Å². The molecule has 9 atom stereocenters. The van der Waals surface area contributed by atoms with Gasteiger partial charge in [0.05, 0.1) is 44.2 Å². The van der Waals surface area contributed by atoms with Crippen molar-refractivity contribution in [3.05, 3.63) is 0 Å². The van der Waals surface area contributed by atoms with Crippen LogP contribution in [0.5, 0.6) is 0 Å². The van der Waals surface area contributed by atoms with Crippen molar-refractivity contribution in [1.82, 2.24) is 0 Å². The Bertz CT molecular complexity index is 476. The van der Waals surface area contributed by atoms with E-state index in [0.717, 1.165) is 25.7 Å². The maximum absolute atomic E-state index is 10.1. The summed E-state index contributed by atoms with van der Waals surface area (Å²) in [5.41, 5.74) is -0.232. The SMILES string of the molecule is CC.COC1CC(SC2CC(SC3CC(O)CC(CO)O3)CC(CO)O2)CC(CO)O1. The summed E-state index contributed by atoms with van der Waals surface area (Å²) in [6, 6.07) is 0. The van der Waals surface area contributed by atoms with Gasteiger partial charge in [-0.05, 0) is 19.3 Å². The molecule has 3 fully saturated rings. The smallest absolute Gasteiger partial charge is 0.158 e. The normalized spacial score (nSPS) is 41.3. The van der Waals surface area contributed by atoms with Crippen LogP contribution in [0.4, 0.5) is 0 Å². The van der Waals surface area contributed by atoms with Crippen LogP contribution in [0.15, 0.2) is 0 Å². The van der Waals surface area contributed by atoms with E-state index in [9.17, 15) is 20.4 Å². The lowest BCUT2D eigenvalue weighted by atomic mass is 10.1. The average Bonchev–Trinajstić information content (AvgIpc) is 2.79. The lowest BCUT2D eigenvalue weighted by Gasteiger charge is -2.40. The van der Waals surface area contributed by atoms with E-state index in [0.29, 0.717) is 12.8 Å². The van der Waals surface area contributed by atoms with Gasteiger partial charge in [0.15, 0.2) is 6.29 Å². The topological polar surface area (TPSA) is 118 Å². The van der Waals surface area contributed by atoms with Gasteiger partial charge in [0, 0.05) is 36.9 Å². The van der Waals surface area contributed by atoms with Gasteiger partial charge < -0.3 is 39.4 Å². The summed E-state index contributed by atoms with van der Waals surface area (Å²) in [5.74, 6) is 0. The molecule has 0 aromatic heterocycles. The van der Waals surface area contributed by atoms with Crippen LogP contribution in [0, 0.1) is 0 Å². The Balaban J connectivity index is 0.00000166. The van der Waals surface area contributed by atoms with E-state index in [1.165, 1.54) is 0 Å². The van der Waals surface area contributed by atoms with Crippen LogP contribution in [-0.2, 0) is 18.9 Å². The molecule has 0 aliphatic carbocycles. The van der Waals surface area contributed by atoms with Gasteiger partial charge in [-0.2, -0.15) is 0 Å². The Labute approximate surface area is 194 Å². The molecule has 0 spiro atoms. The van der Waals surface area contributed by atoms with Gasteiger partial charge in [0.1, 0.15) is 10.9 Å². The Morgan fingerprint density at radius 2 is 1.19 bits per heavy atom. The van der Waals surface area contributed by atoms with Crippen molar-refractivity contribution in [3.63, 3.8) is 0 Å². The molecule has 10 heteroatoms. The molecule has 0 aromatic rings. The van der Waals surface area contributed by atoms with Crippen molar-refractivity contribution in [2.45, 2.75) is 104 Å². The van der Waals surface area contributed by atoms with E-state index in [4.69, 9.17) is 18.9 Å². The van der Waals surface area contributed by atoms with Gasteiger partial charge in [-0.3, -0.25) is 0 Å². The lowest BCUT2D eigenvalue weighted by molar-refractivity contribution is -0.186. The molecule has 0 amide bonds. The van der Waals surface area contributed by atoms with Gasteiger partial charge in [-0.1, -0.05) is 13.8 Å². The van der Waals surface area contributed by atoms with Gasteiger partial charge >= 0.3 is 0 Å². The number of rotatable bonds is 8. The zero-order valence-electron chi connectivity index (χ0n) is 18.8. The monoisotopic (exact) mass is 484 g/mol. The van der Waals surface area contributed by atoms with Crippen molar-refractivity contribution < 1.29 is 39.4 Å². The Kier molecular flexibility index (Phi) is 13.0. The molecule has 3 rings (SSSR count). The number of methoxy groups -OCH3 is 1. The van der Waals surface area contributed by atoms with Crippen LogP contribution in [0.25, 0.3) is 0 Å². The summed E-state index contributed by atoms with van der Waals surface area (Å²) >= 11 is 3.39. The highest BCUT2D eigenvalue weighted by atomic mass is 32.2. The summed E-state index contributed by atoms with van der Waals surface area (Å²) in [6.45, 7) is 3.85. The molecule has 0 bridgehead atoms. The Morgan fingerprint density at radius 1 is 0.710 bits per heavy atom. The molecule has 3 aliphatic heterocycles. The minimum atomic E-state index is -0.458. The second-order valence-electron chi connectivity index (χ2n) is 7.93. The van der Waals surface area contributed by atoms with E-state index in [-0.39, 0.29) is 65.8 Å². The standard InChI is InChI=1S/C19H34O8S2.C2H6/c1-24-17-6-15(4-13(9-21)25-17)28-19-7-16(5-14(10-22)27-19)29-18-3-11(23)2-12(8-20)26-18;1-2/h11-23H,2-10H2,1H3;1-2H3. The third-order valence-corrected chi connectivity index (χ3v) is 8.31. The Morgan fingerprint density at radius 3 is 1.74 bits per heavy atom. The van der Waals surface area contributed by atoms with Crippen LogP contribution in [0.2, 0.25) is 0 Å². The molecule has 3 aliphatic rings. The van der Waals surface area contributed by atoms with Crippen molar-refractivity contribution in [2.75, 3.05) is 26.9 Å². The molecule has 8 nitrogen and oxygen atoms in total. The molecular formula is C21H40O8S2. The van der Waals surface area contributed by atoms with E-state index >= 15 is 0 Å². The first-order valence-electron chi connectivity index (χ1n) is 11.3. The second-order valence-corrected chi connectivity index (χ2v) is 10.9. The predicted octanol–water partition coefficient (Wildman–Crippen LogP) is 1.72. The molecule has 0 saturated carbocycles. The zero-order chi connectivity index (χ0) is 22.8. The molecule has 4 N–H and O–H groups in total. The summed E-state index contributed by atoms with van der Waals surface area (Å²) in [5, 5.41) is 39.1. The third-order valence-electron chi connectivity index (χ3n) is 5.56. The van der Waals surface area contributed by atoms with Crippen LogP contribution in [0.3, 0.4) is 0 Å². The number of aliphatic hydroxyl groups excluding tert-OH is 4. The summed E-state index contributed by atoms with van der Waals surface area (Å²) in [6.07, 6.45) is 2.45. The fourth-order valence-electron chi connectivity index (χ4n) is 4.14. The number of hydrogen-bond acceptors (Lipinski definition) is 10. The molecule has 31 heavy (non-hydrogen) atoms. The van der Waals surface area contributed by atoms with Crippen LogP contribution >= 0.6 is 23.5 Å². The predicted molar refractivity (Wildman–Crippen MR) is 122 cm³/mol. The van der Waals surface area contributed by atoms with Crippen LogP contribution in [-0.4, -0.2) is 99.4 Å². The van der Waals surface area contributed by atoms with Gasteiger partial charge in [0.2, 0.25) is 0 Å². The van der Waals surface area contributed by atoms with Gasteiger partial charge in [-0.15, -0.1) is 23.5 Å². The molecule has 0 aromatic carbocycles. The highest BCUT2D eigenvalue weighted by molar-refractivity contribution is 8.01. The van der Waals surface area contributed by atoms with Gasteiger partial charge in [0.25, 0.3) is 0 Å². The number of ether oxygens (including phenoxy) is 4. The maximum atomic E-state index is 10.1. The second kappa shape index (κ2) is 14.6. The summed E-state index contributed by atoms with van der Waals surface area (Å²) in [7, 11) is 1.61. The highest BCUT2D eigenvalue weighted by Gasteiger charge is 2.38. The zero-order valence-corrected chi connectivity index (χ0v) is 20.4. The molecule has 0 radical (unpaired) electrons. The van der Waals surface area contributed by atoms with E-state index < -0.39 is 6.10 Å². The maximum Gasteiger partial charge on any atom is 0.158 e. The molecule has 9 unspecified atom stereocenters.